The average molecular weight is 296 g/mol. The Morgan fingerprint density at radius 1 is 1.21 bits per heavy atom. The molecule has 0 aromatic heterocycles. The van der Waals surface area contributed by atoms with Crippen LogP contribution in [-0.4, -0.2) is 20.3 Å². The second-order valence-electron chi connectivity index (χ2n) is 4.06. The molecule has 0 radical (unpaired) electrons. The van der Waals surface area contributed by atoms with E-state index in [1.54, 1.807) is 24.3 Å². The third kappa shape index (κ3) is 6.44. The number of nitrogens with two attached hydrogens (primary N) is 1. The monoisotopic (exact) mass is 296 g/mol. The first kappa shape index (κ1) is 15.8. The van der Waals surface area contributed by atoms with Crippen molar-refractivity contribution in [2.75, 3.05) is 11.5 Å². The highest BCUT2D eigenvalue weighted by Crippen LogP contribution is 2.21. The Morgan fingerprint density at radius 3 is 2.42 bits per heavy atom. The van der Waals surface area contributed by atoms with Gasteiger partial charge in [-0.15, -0.1) is 0 Å². The van der Waals surface area contributed by atoms with Crippen molar-refractivity contribution in [2.24, 2.45) is 0 Å². The van der Waals surface area contributed by atoms with Crippen molar-refractivity contribution < 1.29 is 21.6 Å². The molecule has 0 saturated heterocycles. The summed E-state index contributed by atoms with van der Waals surface area (Å²) in [6, 6.07) is 6.67. The molecule has 0 aliphatic carbocycles. The van der Waals surface area contributed by atoms with Gasteiger partial charge in [0.25, 0.3) is 0 Å². The fourth-order valence-corrected chi connectivity index (χ4v) is 2.46. The highest BCUT2D eigenvalue weighted by Gasteiger charge is 2.27. The predicted molar refractivity (Wildman–Crippen MR) is 66.8 cm³/mol. The second kappa shape index (κ2) is 6.25. The summed E-state index contributed by atoms with van der Waals surface area (Å²) < 4.78 is 60.9. The largest absolute Gasteiger partial charge is 0.398 e. The van der Waals surface area contributed by atoms with Crippen LogP contribution in [0.4, 0.5) is 18.9 Å². The Bertz CT molecular complexity index is 515. The van der Waals surface area contributed by atoms with Gasteiger partial charge in [0.1, 0.15) is 0 Å². The van der Waals surface area contributed by atoms with E-state index in [9.17, 15) is 21.6 Å². The Balaban J connectivity index is 2.46. The fraction of sp³-hybridized carbons (Fsp3) is 0.455. The van der Waals surface area contributed by atoms with Crippen LogP contribution in [0.1, 0.15) is 18.4 Å². The Morgan fingerprint density at radius 2 is 1.84 bits per heavy atom. The molecule has 0 aliphatic heterocycles. The van der Waals surface area contributed by atoms with Crippen LogP contribution < -0.4 is 10.5 Å². The third-order valence-corrected chi connectivity index (χ3v) is 3.82. The maximum Gasteiger partial charge on any atom is 0.389 e. The minimum atomic E-state index is -4.33. The highest BCUT2D eigenvalue weighted by molar-refractivity contribution is 7.89. The first-order chi connectivity index (χ1) is 8.70. The van der Waals surface area contributed by atoms with Gasteiger partial charge < -0.3 is 5.73 Å². The van der Waals surface area contributed by atoms with Gasteiger partial charge in [-0.1, -0.05) is 18.2 Å². The van der Waals surface area contributed by atoms with Gasteiger partial charge in [0.05, 0.1) is 5.75 Å². The number of sulfonamides is 1. The average Bonchev–Trinajstić information content (AvgIpc) is 2.26. The molecule has 0 bridgehead atoms. The van der Waals surface area contributed by atoms with Crippen molar-refractivity contribution in [3.8, 4) is 0 Å². The fourth-order valence-electron chi connectivity index (χ4n) is 1.42. The van der Waals surface area contributed by atoms with E-state index in [1.807, 2.05) is 0 Å². The molecule has 19 heavy (non-hydrogen) atoms. The molecule has 108 valence electrons. The van der Waals surface area contributed by atoms with Crippen LogP contribution in [0.2, 0.25) is 0 Å². The zero-order chi connectivity index (χ0) is 14.5. The summed E-state index contributed by atoms with van der Waals surface area (Å²) >= 11 is 0. The molecule has 0 saturated carbocycles. The molecule has 1 aromatic carbocycles. The molecule has 0 amide bonds. The number of nitrogens with one attached hydrogen (secondary N) is 1. The first-order valence-electron chi connectivity index (χ1n) is 5.57. The number of hydrogen-bond donors (Lipinski definition) is 2. The van der Waals surface area contributed by atoms with Crippen LogP contribution in [0, 0.1) is 0 Å². The van der Waals surface area contributed by atoms with Gasteiger partial charge in [-0.3, -0.25) is 0 Å². The van der Waals surface area contributed by atoms with Crippen LogP contribution in [0.25, 0.3) is 0 Å². The van der Waals surface area contributed by atoms with E-state index in [0.29, 0.717) is 11.3 Å². The van der Waals surface area contributed by atoms with Crippen LogP contribution >= 0.6 is 0 Å². The number of hydrogen-bond acceptors (Lipinski definition) is 3. The van der Waals surface area contributed by atoms with E-state index >= 15 is 0 Å². The minimum absolute atomic E-state index is 0.0268. The molecule has 1 aromatic rings. The van der Waals surface area contributed by atoms with Crippen molar-refractivity contribution in [3.05, 3.63) is 29.8 Å². The standard InChI is InChI=1S/C11H15F3N2O2S/c12-11(13,14)6-3-7-19(17,18)16-8-9-4-1-2-5-10(9)15/h1-2,4-5,16H,3,6-8,15H2. The van der Waals surface area contributed by atoms with Gasteiger partial charge in [0, 0.05) is 18.7 Å². The van der Waals surface area contributed by atoms with Crippen LogP contribution in [0.5, 0.6) is 0 Å². The number of benzene rings is 1. The maximum atomic E-state index is 11.9. The van der Waals surface area contributed by atoms with Crippen LogP contribution in [0.3, 0.4) is 0 Å². The summed E-state index contributed by atoms with van der Waals surface area (Å²) in [5.74, 6) is -0.556. The second-order valence-corrected chi connectivity index (χ2v) is 5.98. The smallest absolute Gasteiger partial charge is 0.389 e. The number of rotatable bonds is 6. The number of anilines is 1. The lowest BCUT2D eigenvalue weighted by molar-refractivity contribution is -0.134. The van der Waals surface area contributed by atoms with Crippen molar-refractivity contribution >= 4 is 15.7 Å². The van der Waals surface area contributed by atoms with E-state index < -0.39 is 34.8 Å². The SMILES string of the molecule is Nc1ccccc1CNS(=O)(=O)CCCC(F)(F)F. The zero-order valence-electron chi connectivity index (χ0n) is 10.1. The quantitative estimate of drug-likeness (QED) is 0.789. The molecule has 0 unspecified atom stereocenters. The Hall–Kier alpha value is -1.28. The number of alkyl halides is 3. The molecule has 3 N–H and O–H groups in total. The molecule has 8 heteroatoms. The van der Waals surface area contributed by atoms with Gasteiger partial charge in [-0.2, -0.15) is 13.2 Å². The van der Waals surface area contributed by atoms with Crippen molar-refractivity contribution in [1.29, 1.82) is 0 Å². The summed E-state index contributed by atoms with van der Waals surface area (Å²) in [5, 5.41) is 0. The maximum absolute atomic E-state index is 11.9. The molecular formula is C11H15F3N2O2S. The van der Waals surface area contributed by atoms with Crippen LogP contribution in [0.15, 0.2) is 24.3 Å². The topological polar surface area (TPSA) is 72.2 Å². The van der Waals surface area contributed by atoms with E-state index in [0.717, 1.165) is 0 Å². The predicted octanol–water partition coefficient (Wildman–Crippen LogP) is 2.03. The molecule has 1 rings (SSSR count). The van der Waals surface area contributed by atoms with Crippen molar-refractivity contribution in [3.63, 3.8) is 0 Å². The van der Waals surface area contributed by atoms with Gasteiger partial charge >= 0.3 is 6.18 Å². The lowest BCUT2D eigenvalue weighted by Gasteiger charge is -2.09. The molecule has 0 heterocycles. The van der Waals surface area contributed by atoms with Crippen LogP contribution in [-0.2, 0) is 16.6 Å². The summed E-state index contributed by atoms with van der Waals surface area (Å²) in [5.41, 5.74) is 6.64. The number of halogens is 3. The van der Waals surface area contributed by atoms with Crippen molar-refractivity contribution in [1.82, 2.24) is 4.72 Å². The lowest BCUT2D eigenvalue weighted by Crippen LogP contribution is -2.27. The first-order valence-corrected chi connectivity index (χ1v) is 7.22. The van der Waals surface area contributed by atoms with Gasteiger partial charge in [-0.25, -0.2) is 13.1 Å². The van der Waals surface area contributed by atoms with E-state index in [-0.39, 0.29) is 6.54 Å². The summed E-state index contributed by atoms with van der Waals surface area (Å²) in [7, 11) is -3.72. The molecule has 0 spiro atoms. The highest BCUT2D eigenvalue weighted by atomic mass is 32.2. The zero-order valence-corrected chi connectivity index (χ0v) is 10.9. The van der Waals surface area contributed by atoms with E-state index in [4.69, 9.17) is 5.73 Å². The third-order valence-electron chi connectivity index (χ3n) is 2.41. The van der Waals surface area contributed by atoms with Gasteiger partial charge in [-0.05, 0) is 18.1 Å². The molecule has 0 aliphatic rings. The van der Waals surface area contributed by atoms with Crippen molar-refractivity contribution in [2.45, 2.75) is 25.6 Å². The normalized spacial score (nSPS) is 12.6. The lowest BCUT2D eigenvalue weighted by atomic mass is 10.2. The van der Waals surface area contributed by atoms with Gasteiger partial charge in [0.15, 0.2) is 0 Å². The number of para-hydroxylation sites is 1. The Labute approximate surface area is 109 Å². The van der Waals surface area contributed by atoms with Gasteiger partial charge in [0.2, 0.25) is 10.0 Å². The summed E-state index contributed by atoms with van der Waals surface area (Å²) in [4.78, 5) is 0. The summed E-state index contributed by atoms with van der Waals surface area (Å²) in [6.45, 7) is -0.0268. The number of nitrogen functional groups attached to an aromatic ring is 1. The van der Waals surface area contributed by atoms with E-state index in [1.165, 1.54) is 0 Å². The molecule has 0 atom stereocenters. The Kier molecular flexibility index (Phi) is 5.19. The van der Waals surface area contributed by atoms with E-state index in [2.05, 4.69) is 4.72 Å². The summed E-state index contributed by atoms with van der Waals surface area (Å²) in [6.07, 6.45) is -5.90. The molecular weight excluding hydrogens is 281 g/mol. The minimum Gasteiger partial charge on any atom is -0.398 e. The molecule has 0 fully saturated rings. The molecule has 4 nitrogen and oxygen atoms in total.